The Morgan fingerprint density at radius 2 is 1.87 bits per heavy atom. The molecule has 2 aromatic carbocycles. The molecule has 160 valence electrons. The molecule has 0 saturated carbocycles. The number of sulfonamides is 1. The summed E-state index contributed by atoms with van der Waals surface area (Å²) in [6.45, 7) is 1.29. The first-order valence-electron chi connectivity index (χ1n) is 9.75. The number of hydrogen-bond acceptors (Lipinski definition) is 4. The van der Waals surface area contributed by atoms with Gasteiger partial charge in [-0.05, 0) is 61.2 Å². The van der Waals surface area contributed by atoms with Crippen molar-refractivity contribution in [2.24, 2.45) is 5.92 Å². The van der Waals surface area contributed by atoms with Gasteiger partial charge in [-0.25, -0.2) is 8.42 Å². The van der Waals surface area contributed by atoms with Crippen LogP contribution in [0.1, 0.15) is 18.4 Å². The molecule has 2 aromatic rings. The molecule has 0 unspecified atom stereocenters. The van der Waals surface area contributed by atoms with Crippen LogP contribution in [-0.2, 0) is 21.2 Å². The van der Waals surface area contributed by atoms with E-state index in [9.17, 15) is 13.2 Å². The van der Waals surface area contributed by atoms with Crippen LogP contribution in [0, 0.1) is 5.92 Å². The third-order valence-corrected chi connectivity index (χ3v) is 8.45. The topological polar surface area (TPSA) is 66.9 Å². The maximum absolute atomic E-state index is 13.1. The Hall–Kier alpha value is -1.61. The van der Waals surface area contributed by atoms with Crippen LogP contribution in [0.4, 0.5) is 5.69 Å². The molecule has 4 rings (SSSR count). The van der Waals surface area contributed by atoms with Gasteiger partial charge in [0.05, 0.1) is 17.0 Å². The van der Waals surface area contributed by atoms with Gasteiger partial charge in [0.25, 0.3) is 0 Å². The van der Waals surface area contributed by atoms with E-state index in [0.29, 0.717) is 38.2 Å². The number of nitrogens with zero attached hydrogens (tertiary/aromatic N) is 2. The number of rotatable bonds is 4. The number of fused-ring (bicyclic) bond motifs is 1. The van der Waals surface area contributed by atoms with Gasteiger partial charge in [0.1, 0.15) is 5.75 Å². The third-order valence-electron chi connectivity index (χ3n) is 5.77. The lowest BCUT2D eigenvalue weighted by atomic mass is 9.96. The minimum absolute atomic E-state index is 0.0839. The van der Waals surface area contributed by atoms with Crippen molar-refractivity contribution >= 4 is 49.1 Å². The highest BCUT2D eigenvalue weighted by molar-refractivity contribution is 9.10. The highest BCUT2D eigenvalue weighted by Crippen LogP contribution is 2.34. The summed E-state index contributed by atoms with van der Waals surface area (Å²) < 4.78 is 33.5. The minimum Gasteiger partial charge on any atom is -0.495 e. The SMILES string of the molecule is COc1ccc(S(=O)(=O)N2CCC(C(=O)N3CCc4cc(Br)ccc43)CC2)cc1Cl. The molecule has 9 heteroatoms. The predicted molar refractivity (Wildman–Crippen MR) is 120 cm³/mol. The molecule has 1 fully saturated rings. The Morgan fingerprint density at radius 1 is 1.13 bits per heavy atom. The molecule has 0 N–H and O–H groups in total. The van der Waals surface area contributed by atoms with Crippen molar-refractivity contribution in [2.45, 2.75) is 24.2 Å². The zero-order chi connectivity index (χ0) is 21.5. The fourth-order valence-electron chi connectivity index (χ4n) is 4.12. The lowest BCUT2D eigenvalue weighted by Gasteiger charge is -2.32. The van der Waals surface area contributed by atoms with Crippen LogP contribution in [0.25, 0.3) is 0 Å². The van der Waals surface area contributed by atoms with E-state index in [-0.39, 0.29) is 21.7 Å². The number of carbonyl (C=O) groups excluding carboxylic acids is 1. The van der Waals surface area contributed by atoms with E-state index in [4.69, 9.17) is 16.3 Å². The summed E-state index contributed by atoms with van der Waals surface area (Å²) in [4.78, 5) is 15.1. The fraction of sp³-hybridized carbons (Fsp3) is 0.381. The van der Waals surface area contributed by atoms with Crippen LogP contribution >= 0.6 is 27.5 Å². The van der Waals surface area contributed by atoms with E-state index < -0.39 is 10.0 Å². The van der Waals surface area contributed by atoms with Crippen LogP contribution in [0.15, 0.2) is 45.8 Å². The van der Waals surface area contributed by atoms with E-state index in [1.807, 2.05) is 17.0 Å². The second-order valence-corrected chi connectivity index (χ2v) is 10.7. The number of hydrogen-bond donors (Lipinski definition) is 0. The maximum Gasteiger partial charge on any atom is 0.243 e. The van der Waals surface area contributed by atoms with Crippen LogP contribution in [0.5, 0.6) is 5.75 Å². The molecule has 1 saturated heterocycles. The highest BCUT2D eigenvalue weighted by Gasteiger charge is 2.36. The van der Waals surface area contributed by atoms with Crippen molar-refractivity contribution in [2.75, 3.05) is 31.6 Å². The molecular weight excluding hydrogens is 492 g/mol. The van der Waals surface area contributed by atoms with E-state index in [1.54, 1.807) is 6.07 Å². The van der Waals surface area contributed by atoms with Gasteiger partial charge in [0.15, 0.2) is 0 Å². The van der Waals surface area contributed by atoms with Crippen molar-refractivity contribution in [1.29, 1.82) is 0 Å². The first-order valence-corrected chi connectivity index (χ1v) is 12.4. The van der Waals surface area contributed by atoms with Gasteiger partial charge in [-0.3, -0.25) is 4.79 Å². The standard InChI is InChI=1S/C21H22BrClN2O4S/c1-29-20-5-3-17(13-18(20)23)30(27,28)24-9-6-14(7-10-24)21(26)25-11-8-15-12-16(22)2-4-19(15)25/h2-5,12-14H,6-11H2,1H3. The van der Waals surface area contributed by atoms with Crippen molar-refractivity contribution in [1.82, 2.24) is 4.31 Å². The van der Waals surface area contributed by atoms with Crippen molar-refractivity contribution in [3.63, 3.8) is 0 Å². The molecule has 30 heavy (non-hydrogen) atoms. The molecule has 1 amide bonds. The summed E-state index contributed by atoms with van der Waals surface area (Å²) in [5.74, 6) is 0.337. The van der Waals surface area contributed by atoms with Gasteiger partial charge in [-0.2, -0.15) is 4.31 Å². The number of ether oxygens (including phenoxy) is 1. The second-order valence-electron chi connectivity index (χ2n) is 7.49. The summed E-state index contributed by atoms with van der Waals surface area (Å²) in [6, 6.07) is 10.4. The number of anilines is 1. The predicted octanol–water partition coefficient (Wildman–Crippen LogP) is 4.10. The van der Waals surface area contributed by atoms with Crippen molar-refractivity contribution in [3.8, 4) is 5.75 Å². The van der Waals surface area contributed by atoms with Gasteiger partial charge in [-0.15, -0.1) is 0 Å². The van der Waals surface area contributed by atoms with Crippen molar-refractivity contribution < 1.29 is 17.9 Å². The molecule has 0 radical (unpaired) electrons. The largest absolute Gasteiger partial charge is 0.495 e. The Bertz CT molecular complexity index is 1080. The maximum atomic E-state index is 13.1. The van der Waals surface area contributed by atoms with Crippen molar-refractivity contribution in [3.05, 3.63) is 51.5 Å². The van der Waals surface area contributed by atoms with E-state index in [2.05, 4.69) is 22.0 Å². The summed E-state index contributed by atoms with van der Waals surface area (Å²) in [5, 5.41) is 0.253. The molecule has 6 nitrogen and oxygen atoms in total. The minimum atomic E-state index is -3.67. The zero-order valence-corrected chi connectivity index (χ0v) is 19.6. The van der Waals surface area contributed by atoms with Gasteiger partial charge < -0.3 is 9.64 Å². The smallest absolute Gasteiger partial charge is 0.243 e. The van der Waals surface area contributed by atoms with Gasteiger partial charge >= 0.3 is 0 Å². The number of methoxy groups -OCH3 is 1. The fourth-order valence-corrected chi connectivity index (χ4v) is 6.35. The molecule has 0 bridgehead atoms. The normalized spacial score (nSPS) is 17.8. The lowest BCUT2D eigenvalue weighted by molar-refractivity contribution is -0.123. The van der Waals surface area contributed by atoms with E-state index >= 15 is 0 Å². The first kappa shape index (κ1) is 21.6. The Morgan fingerprint density at radius 3 is 2.53 bits per heavy atom. The summed E-state index contributed by atoms with van der Waals surface area (Å²) >= 11 is 9.58. The Kier molecular flexibility index (Phi) is 6.12. The average Bonchev–Trinajstić information content (AvgIpc) is 3.16. The van der Waals surface area contributed by atoms with Crippen LogP contribution in [-0.4, -0.2) is 45.4 Å². The van der Waals surface area contributed by atoms with E-state index in [0.717, 1.165) is 22.1 Å². The molecule has 2 aliphatic rings. The average molecular weight is 514 g/mol. The summed E-state index contributed by atoms with van der Waals surface area (Å²) in [5.41, 5.74) is 2.13. The number of carbonyl (C=O) groups is 1. The zero-order valence-electron chi connectivity index (χ0n) is 16.5. The van der Waals surface area contributed by atoms with Crippen LogP contribution < -0.4 is 9.64 Å². The molecule has 0 atom stereocenters. The van der Waals surface area contributed by atoms with Gasteiger partial charge in [0.2, 0.25) is 15.9 Å². The molecule has 2 aliphatic heterocycles. The molecule has 0 spiro atoms. The van der Waals surface area contributed by atoms with Crippen LogP contribution in [0.2, 0.25) is 5.02 Å². The summed E-state index contributed by atoms with van der Waals surface area (Å²) in [7, 11) is -2.19. The number of piperidine rings is 1. The molecule has 0 aliphatic carbocycles. The quantitative estimate of drug-likeness (QED) is 0.617. The second kappa shape index (κ2) is 8.49. The molecule has 2 heterocycles. The highest BCUT2D eigenvalue weighted by atomic mass is 79.9. The number of halogens is 2. The lowest BCUT2D eigenvalue weighted by Crippen LogP contribution is -2.44. The number of benzene rings is 2. The van der Waals surface area contributed by atoms with Crippen LogP contribution in [0.3, 0.4) is 0 Å². The third kappa shape index (κ3) is 3.98. The molecular formula is C21H22BrClN2O4S. The summed E-state index contributed by atoms with van der Waals surface area (Å²) in [6.07, 6.45) is 1.85. The Labute approximate surface area is 189 Å². The molecule has 0 aromatic heterocycles. The number of amides is 1. The van der Waals surface area contributed by atoms with E-state index in [1.165, 1.54) is 23.5 Å². The Balaban J connectivity index is 1.44. The van der Waals surface area contributed by atoms with Gasteiger partial charge in [-0.1, -0.05) is 27.5 Å². The van der Waals surface area contributed by atoms with Gasteiger partial charge in [0, 0.05) is 35.7 Å². The monoisotopic (exact) mass is 512 g/mol. The first-order chi connectivity index (χ1) is 14.3.